The zero-order valence-electron chi connectivity index (χ0n) is 6.67. The minimum absolute atomic E-state index is 0.272. The third kappa shape index (κ3) is 3.75. The topological polar surface area (TPSA) is 54.4 Å². The van der Waals surface area contributed by atoms with Crippen LogP contribution in [0.4, 0.5) is 0 Å². The quantitative estimate of drug-likeness (QED) is 0.611. The molecule has 0 aromatic carbocycles. The van der Waals surface area contributed by atoms with Gasteiger partial charge in [0, 0.05) is 0 Å². The van der Waals surface area contributed by atoms with E-state index >= 15 is 0 Å². The zero-order chi connectivity index (χ0) is 8.85. The van der Waals surface area contributed by atoms with Gasteiger partial charge in [0.15, 0.2) is 0 Å². The third-order valence-electron chi connectivity index (χ3n) is 1.53. The van der Waals surface area contributed by atoms with Gasteiger partial charge in [0.25, 0.3) is 0 Å². The number of carboxylic acids is 1. The first kappa shape index (κ1) is 10.1. The molecule has 0 saturated carbocycles. The van der Waals surface area contributed by atoms with E-state index in [1.165, 1.54) is 6.92 Å². The molecule has 0 aromatic heterocycles. The Morgan fingerprint density at radius 2 is 2.09 bits per heavy atom. The summed E-state index contributed by atoms with van der Waals surface area (Å²) in [5.74, 6) is -2.12. The van der Waals surface area contributed by atoms with Crippen LogP contribution in [-0.4, -0.2) is 16.9 Å². The minimum atomic E-state index is -1.02. The van der Waals surface area contributed by atoms with Crippen molar-refractivity contribution in [2.45, 2.75) is 26.2 Å². The van der Waals surface area contributed by atoms with Crippen LogP contribution in [0.2, 0.25) is 0 Å². The Morgan fingerprint density at radius 3 is 2.36 bits per heavy atom. The summed E-state index contributed by atoms with van der Waals surface area (Å²) in [6.07, 6.45) is 1.78. The van der Waals surface area contributed by atoms with Gasteiger partial charge in [-0.15, -0.1) is 0 Å². The Labute approximate surface area is 66.4 Å². The van der Waals surface area contributed by atoms with Crippen molar-refractivity contribution in [3.05, 3.63) is 6.92 Å². The third-order valence-corrected chi connectivity index (χ3v) is 1.53. The second-order valence-electron chi connectivity index (χ2n) is 2.50. The number of rotatable bonds is 5. The average molecular weight is 157 g/mol. The molecular weight excluding hydrogens is 144 g/mol. The maximum atomic E-state index is 10.7. The fourth-order valence-electron chi connectivity index (χ4n) is 0.849. The summed E-state index contributed by atoms with van der Waals surface area (Å²) < 4.78 is 0. The first-order valence-electron chi connectivity index (χ1n) is 3.62. The van der Waals surface area contributed by atoms with E-state index < -0.39 is 11.9 Å². The van der Waals surface area contributed by atoms with Crippen LogP contribution in [0.5, 0.6) is 0 Å². The standard InChI is InChI=1S/C8H13O3/c1-3-4-5-7(6(2)9)8(10)11/h7H,1,3-5H2,2H3,(H,10,11). The Hall–Kier alpha value is -0.860. The molecule has 3 nitrogen and oxygen atoms in total. The summed E-state index contributed by atoms with van der Waals surface area (Å²) in [4.78, 5) is 21.1. The zero-order valence-corrected chi connectivity index (χ0v) is 6.67. The fraction of sp³-hybridized carbons (Fsp3) is 0.625. The second-order valence-corrected chi connectivity index (χ2v) is 2.50. The predicted molar refractivity (Wildman–Crippen MR) is 41.0 cm³/mol. The number of aliphatic carboxylic acids is 1. The van der Waals surface area contributed by atoms with Crippen molar-refractivity contribution in [1.82, 2.24) is 0 Å². The van der Waals surface area contributed by atoms with E-state index in [4.69, 9.17) is 5.11 Å². The van der Waals surface area contributed by atoms with Crippen LogP contribution in [-0.2, 0) is 9.59 Å². The van der Waals surface area contributed by atoms with Crippen molar-refractivity contribution in [2.24, 2.45) is 5.92 Å². The summed E-state index contributed by atoms with van der Waals surface area (Å²) >= 11 is 0. The Morgan fingerprint density at radius 1 is 1.55 bits per heavy atom. The number of carbonyl (C=O) groups is 2. The van der Waals surface area contributed by atoms with Gasteiger partial charge in [-0.2, -0.15) is 0 Å². The fourth-order valence-corrected chi connectivity index (χ4v) is 0.849. The van der Waals surface area contributed by atoms with Gasteiger partial charge < -0.3 is 5.11 Å². The molecule has 0 heterocycles. The Balaban J connectivity index is 3.90. The van der Waals surface area contributed by atoms with Crippen LogP contribution in [0.1, 0.15) is 26.2 Å². The number of Topliss-reactive ketones (excluding diaryl/α,β-unsaturated/α-hetero) is 1. The lowest BCUT2D eigenvalue weighted by Crippen LogP contribution is -2.21. The van der Waals surface area contributed by atoms with Gasteiger partial charge in [-0.3, -0.25) is 9.59 Å². The molecule has 0 aliphatic heterocycles. The van der Waals surface area contributed by atoms with Crippen LogP contribution >= 0.6 is 0 Å². The highest BCUT2D eigenvalue weighted by Crippen LogP contribution is 2.09. The van der Waals surface area contributed by atoms with Crippen molar-refractivity contribution in [3.8, 4) is 0 Å². The van der Waals surface area contributed by atoms with Crippen molar-refractivity contribution >= 4 is 11.8 Å². The molecule has 0 saturated heterocycles. The molecule has 0 amide bonds. The molecule has 0 spiro atoms. The number of hydrogen-bond acceptors (Lipinski definition) is 2. The molecule has 3 heteroatoms. The minimum Gasteiger partial charge on any atom is -0.481 e. The van der Waals surface area contributed by atoms with Gasteiger partial charge in [0.05, 0.1) is 0 Å². The van der Waals surface area contributed by atoms with Gasteiger partial charge in [0.2, 0.25) is 0 Å². The van der Waals surface area contributed by atoms with E-state index in [0.717, 1.165) is 0 Å². The number of carboxylic acid groups (broad SMARTS) is 1. The van der Waals surface area contributed by atoms with Crippen LogP contribution in [0, 0.1) is 12.8 Å². The Kier molecular flexibility index (Phi) is 4.50. The first-order chi connectivity index (χ1) is 5.09. The normalized spacial score (nSPS) is 12.5. The van der Waals surface area contributed by atoms with Gasteiger partial charge in [0.1, 0.15) is 11.7 Å². The number of ketones is 1. The molecule has 0 bridgehead atoms. The maximum absolute atomic E-state index is 10.7. The largest absolute Gasteiger partial charge is 0.481 e. The lowest BCUT2D eigenvalue weighted by molar-refractivity contribution is -0.146. The summed E-state index contributed by atoms with van der Waals surface area (Å²) in [5, 5.41) is 8.53. The molecule has 1 radical (unpaired) electrons. The molecule has 0 aliphatic rings. The molecule has 1 unspecified atom stereocenters. The molecule has 63 valence electrons. The number of unbranched alkanes of at least 4 members (excludes halogenated alkanes) is 1. The van der Waals surface area contributed by atoms with Gasteiger partial charge in [-0.25, -0.2) is 0 Å². The highest BCUT2D eigenvalue weighted by atomic mass is 16.4. The van der Waals surface area contributed by atoms with Crippen molar-refractivity contribution in [2.75, 3.05) is 0 Å². The molecule has 11 heavy (non-hydrogen) atoms. The molecule has 0 aliphatic carbocycles. The van der Waals surface area contributed by atoms with E-state index in [2.05, 4.69) is 6.92 Å². The van der Waals surface area contributed by atoms with E-state index in [-0.39, 0.29) is 5.78 Å². The van der Waals surface area contributed by atoms with Gasteiger partial charge in [-0.05, 0) is 13.3 Å². The van der Waals surface area contributed by atoms with Gasteiger partial charge >= 0.3 is 5.97 Å². The molecule has 0 rings (SSSR count). The Bertz CT molecular complexity index is 137. The monoisotopic (exact) mass is 157 g/mol. The molecule has 1 N–H and O–H groups in total. The molecule has 1 atom stereocenters. The second kappa shape index (κ2) is 4.88. The van der Waals surface area contributed by atoms with Crippen molar-refractivity contribution < 1.29 is 14.7 Å². The van der Waals surface area contributed by atoms with Crippen molar-refractivity contribution in [1.29, 1.82) is 0 Å². The number of carbonyl (C=O) groups excluding carboxylic acids is 1. The lowest BCUT2D eigenvalue weighted by atomic mass is 9.99. The summed E-state index contributed by atoms with van der Waals surface area (Å²) in [7, 11) is 0. The SMILES string of the molecule is [CH2]CCCC(C(C)=O)C(=O)O. The van der Waals surface area contributed by atoms with Crippen molar-refractivity contribution in [3.63, 3.8) is 0 Å². The average Bonchev–Trinajstić information content (AvgIpc) is 1.87. The maximum Gasteiger partial charge on any atom is 0.314 e. The molecule has 0 fully saturated rings. The van der Waals surface area contributed by atoms with E-state index in [1.807, 2.05) is 0 Å². The summed E-state index contributed by atoms with van der Waals surface area (Å²) in [6.45, 7) is 4.88. The summed E-state index contributed by atoms with van der Waals surface area (Å²) in [6, 6.07) is 0. The van der Waals surface area contributed by atoms with Crippen LogP contribution in [0.15, 0.2) is 0 Å². The lowest BCUT2D eigenvalue weighted by Gasteiger charge is -2.05. The van der Waals surface area contributed by atoms with E-state index in [9.17, 15) is 9.59 Å². The van der Waals surface area contributed by atoms with Crippen LogP contribution in [0.25, 0.3) is 0 Å². The highest BCUT2D eigenvalue weighted by molar-refractivity contribution is 5.96. The summed E-state index contributed by atoms with van der Waals surface area (Å²) in [5.41, 5.74) is 0. The van der Waals surface area contributed by atoms with Crippen LogP contribution in [0.3, 0.4) is 0 Å². The first-order valence-corrected chi connectivity index (χ1v) is 3.62. The molecule has 0 aromatic rings. The smallest absolute Gasteiger partial charge is 0.314 e. The van der Waals surface area contributed by atoms with Gasteiger partial charge in [-0.1, -0.05) is 19.8 Å². The predicted octanol–water partition coefficient (Wildman–Crippen LogP) is 1.28. The van der Waals surface area contributed by atoms with E-state index in [0.29, 0.717) is 19.3 Å². The molecular formula is C8H13O3. The highest BCUT2D eigenvalue weighted by Gasteiger charge is 2.20. The van der Waals surface area contributed by atoms with Crippen LogP contribution < -0.4 is 0 Å². The van der Waals surface area contributed by atoms with E-state index in [1.54, 1.807) is 0 Å². The number of hydrogen-bond donors (Lipinski definition) is 1.